The van der Waals surface area contributed by atoms with Crippen molar-refractivity contribution in [1.29, 1.82) is 0 Å². The van der Waals surface area contributed by atoms with Crippen LogP contribution < -0.4 is 24.8 Å². The average Bonchev–Trinajstić information content (AvgIpc) is 3.27. The molecule has 1 aliphatic rings. The Morgan fingerprint density at radius 2 is 1.22 bits per heavy atom. The Balaban J connectivity index is 0.000000752. The van der Waals surface area contributed by atoms with E-state index >= 15 is 0 Å². The Morgan fingerprint density at radius 1 is 0.781 bits per heavy atom. The minimum Gasteiger partial charge on any atom is -1.00 e. The molecule has 0 heterocycles. The van der Waals surface area contributed by atoms with E-state index in [1.165, 1.54) is 38.2 Å². The number of hydrogen-bond donors (Lipinski definition) is 0. The molecular formula is C29H36Cl2Zr. The van der Waals surface area contributed by atoms with E-state index in [2.05, 4.69) is 116 Å². The van der Waals surface area contributed by atoms with Gasteiger partial charge in [0, 0.05) is 0 Å². The van der Waals surface area contributed by atoms with E-state index in [4.69, 9.17) is 0 Å². The van der Waals surface area contributed by atoms with Crippen molar-refractivity contribution in [3.63, 3.8) is 0 Å². The second-order valence-electron chi connectivity index (χ2n) is 10.6. The molecule has 3 aromatic rings. The zero-order chi connectivity index (χ0) is 21.4. The Kier molecular flexibility index (Phi) is 11.8. The standard InChI is InChI=1S/C21H25.C8H11.2ClH.Zr/c1-20(2,3)16-7-9-18-14(12-16)11-15-13-17(21(4,5)6)8-10-19(15)18;1-7(2)8-5-3-4-6-8;;;/h7-13H,1-6H3;3,5,7H,4H2,1-2H3;2*1H;/q2*-1;;;+4/p-2. The van der Waals surface area contributed by atoms with Crippen LogP contribution in [0.25, 0.3) is 21.5 Å². The number of hydrogen-bond acceptors (Lipinski definition) is 0. The van der Waals surface area contributed by atoms with Gasteiger partial charge in [-0.05, 0) is 10.8 Å². The van der Waals surface area contributed by atoms with Gasteiger partial charge < -0.3 is 24.8 Å². The first kappa shape index (κ1) is 31.3. The summed E-state index contributed by atoms with van der Waals surface area (Å²) in [4.78, 5) is 0. The van der Waals surface area contributed by atoms with Crippen molar-refractivity contribution in [2.24, 2.45) is 5.92 Å². The van der Waals surface area contributed by atoms with Gasteiger partial charge in [-0.25, -0.2) is 11.6 Å². The Labute approximate surface area is 227 Å². The fourth-order valence-electron chi connectivity index (χ4n) is 3.77. The fourth-order valence-corrected chi connectivity index (χ4v) is 3.77. The van der Waals surface area contributed by atoms with Gasteiger partial charge >= 0.3 is 26.2 Å². The maximum Gasteiger partial charge on any atom is 4.00 e. The Morgan fingerprint density at radius 3 is 1.50 bits per heavy atom. The van der Waals surface area contributed by atoms with Gasteiger partial charge in [-0.15, -0.1) is 46.2 Å². The van der Waals surface area contributed by atoms with Gasteiger partial charge in [0.05, 0.1) is 0 Å². The van der Waals surface area contributed by atoms with Crippen LogP contribution in [0.4, 0.5) is 0 Å². The van der Waals surface area contributed by atoms with Gasteiger partial charge in [0.2, 0.25) is 0 Å². The van der Waals surface area contributed by atoms with E-state index in [-0.39, 0.29) is 61.8 Å². The third-order valence-corrected chi connectivity index (χ3v) is 5.78. The number of rotatable bonds is 1. The van der Waals surface area contributed by atoms with Crippen molar-refractivity contribution in [2.45, 2.75) is 72.6 Å². The first-order valence-electron chi connectivity index (χ1n) is 10.9. The molecule has 3 aromatic carbocycles. The Bertz CT molecular complexity index is 1000. The number of halogens is 2. The van der Waals surface area contributed by atoms with Crippen LogP contribution in [-0.4, -0.2) is 0 Å². The van der Waals surface area contributed by atoms with E-state index in [0.29, 0.717) is 5.92 Å². The summed E-state index contributed by atoms with van der Waals surface area (Å²) in [5, 5.41) is 5.48. The van der Waals surface area contributed by atoms with Gasteiger partial charge in [0.1, 0.15) is 0 Å². The first-order chi connectivity index (χ1) is 13.5. The molecular weight excluding hydrogens is 510 g/mol. The number of allylic oxidation sites excluding steroid dienone is 4. The number of fused-ring (bicyclic) bond motifs is 3. The zero-order valence-electron chi connectivity index (χ0n) is 20.7. The molecule has 0 saturated carbocycles. The third kappa shape index (κ3) is 7.38. The van der Waals surface area contributed by atoms with Crippen LogP contribution in [-0.2, 0) is 37.0 Å². The molecule has 0 unspecified atom stereocenters. The molecule has 0 atom stereocenters. The molecule has 1 aliphatic carbocycles. The monoisotopic (exact) mass is 544 g/mol. The molecule has 0 aliphatic heterocycles. The number of benzene rings is 2. The van der Waals surface area contributed by atoms with Gasteiger partial charge in [-0.1, -0.05) is 96.7 Å². The van der Waals surface area contributed by atoms with Gasteiger partial charge in [0.25, 0.3) is 0 Å². The predicted octanol–water partition coefficient (Wildman–Crippen LogP) is 2.64. The first-order valence-corrected chi connectivity index (χ1v) is 10.9. The van der Waals surface area contributed by atoms with Crippen molar-refractivity contribution in [1.82, 2.24) is 0 Å². The second-order valence-corrected chi connectivity index (χ2v) is 10.6. The molecule has 32 heavy (non-hydrogen) atoms. The van der Waals surface area contributed by atoms with E-state index in [9.17, 15) is 0 Å². The van der Waals surface area contributed by atoms with Gasteiger partial charge in [0.15, 0.2) is 0 Å². The van der Waals surface area contributed by atoms with Crippen LogP contribution in [0.2, 0.25) is 0 Å². The Hall–Kier alpha value is -0.747. The zero-order valence-corrected chi connectivity index (χ0v) is 24.7. The van der Waals surface area contributed by atoms with Gasteiger partial charge in [-0.3, -0.25) is 6.08 Å². The molecule has 4 rings (SSSR count). The minimum absolute atomic E-state index is 0. The van der Waals surface area contributed by atoms with Crippen molar-refractivity contribution in [3.8, 4) is 0 Å². The molecule has 0 bridgehead atoms. The molecule has 0 spiro atoms. The molecule has 0 radical (unpaired) electrons. The normalized spacial score (nSPS) is 13.1. The van der Waals surface area contributed by atoms with Crippen molar-refractivity contribution < 1.29 is 51.0 Å². The molecule has 0 saturated heterocycles. The third-order valence-electron chi connectivity index (χ3n) is 5.78. The molecule has 0 fully saturated rings. The van der Waals surface area contributed by atoms with E-state index in [1.807, 2.05) is 0 Å². The molecule has 0 amide bonds. The molecule has 0 aromatic heterocycles. The van der Waals surface area contributed by atoms with Crippen LogP contribution in [0.1, 0.15) is 72.9 Å². The summed E-state index contributed by atoms with van der Waals surface area (Å²) < 4.78 is 0. The quantitative estimate of drug-likeness (QED) is 0.412. The maximum absolute atomic E-state index is 3.26. The van der Waals surface area contributed by atoms with Crippen LogP contribution in [0.3, 0.4) is 0 Å². The summed E-state index contributed by atoms with van der Waals surface area (Å²) in [5.74, 6) is 0.661. The van der Waals surface area contributed by atoms with Crippen LogP contribution in [0, 0.1) is 12.0 Å². The van der Waals surface area contributed by atoms with Crippen LogP contribution >= 0.6 is 0 Å². The summed E-state index contributed by atoms with van der Waals surface area (Å²) in [7, 11) is 0. The SMILES string of the molecule is CC(C)(C)c1ccc2c(c1)[cH-]c1cc(C(C)(C)C)ccc12.CC(C)C1=[C-]CC=C1.[Cl-].[Cl-].[Zr+4]. The molecule has 0 nitrogen and oxygen atoms in total. The van der Waals surface area contributed by atoms with E-state index in [1.54, 1.807) is 0 Å². The van der Waals surface area contributed by atoms with E-state index in [0.717, 1.165) is 6.42 Å². The molecule has 3 heteroatoms. The molecule has 170 valence electrons. The van der Waals surface area contributed by atoms with Crippen molar-refractivity contribution in [2.75, 3.05) is 0 Å². The predicted molar refractivity (Wildman–Crippen MR) is 130 cm³/mol. The largest absolute Gasteiger partial charge is 4.00 e. The summed E-state index contributed by atoms with van der Waals surface area (Å²) >= 11 is 0. The summed E-state index contributed by atoms with van der Waals surface area (Å²) in [6.45, 7) is 18.0. The maximum atomic E-state index is 3.26. The van der Waals surface area contributed by atoms with Crippen molar-refractivity contribution >= 4 is 21.5 Å². The summed E-state index contributed by atoms with van der Waals surface area (Å²) in [5.41, 5.74) is 4.58. The topological polar surface area (TPSA) is 0 Å². The van der Waals surface area contributed by atoms with Crippen LogP contribution in [0.5, 0.6) is 0 Å². The average molecular weight is 547 g/mol. The van der Waals surface area contributed by atoms with Gasteiger partial charge in [-0.2, -0.15) is 6.08 Å². The molecule has 0 N–H and O–H groups in total. The van der Waals surface area contributed by atoms with E-state index < -0.39 is 0 Å². The van der Waals surface area contributed by atoms with Crippen LogP contribution in [0.15, 0.2) is 60.2 Å². The summed E-state index contributed by atoms with van der Waals surface area (Å²) in [6.07, 6.45) is 8.59. The fraction of sp³-hybridized carbons (Fsp3) is 0.414. The second kappa shape index (κ2) is 12.1. The van der Waals surface area contributed by atoms with Crippen molar-refractivity contribution in [3.05, 3.63) is 77.4 Å². The summed E-state index contributed by atoms with van der Waals surface area (Å²) in [6, 6.07) is 16.2. The smallest absolute Gasteiger partial charge is 1.00 e. The minimum atomic E-state index is 0.